The Hall–Kier alpha value is -3.67. The number of ketones is 1. The third-order valence-electron chi connectivity index (χ3n) is 6.28. The third-order valence-corrected chi connectivity index (χ3v) is 7.09. The van der Waals surface area contributed by atoms with Crippen LogP contribution in [0.1, 0.15) is 26.4 Å². The van der Waals surface area contributed by atoms with Crippen molar-refractivity contribution in [3.63, 3.8) is 0 Å². The van der Waals surface area contributed by atoms with Crippen molar-refractivity contribution in [2.24, 2.45) is 0 Å². The highest BCUT2D eigenvalue weighted by molar-refractivity contribution is 6.43. The number of carbonyl (C=O) groups is 2. The van der Waals surface area contributed by atoms with Gasteiger partial charge in [-0.25, -0.2) is 4.98 Å². The van der Waals surface area contributed by atoms with E-state index in [9.17, 15) is 9.59 Å². The molecule has 1 aliphatic rings. The molecule has 1 fully saturated rings. The molecular formula is C29H23Cl2N3O2. The van der Waals surface area contributed by atoms with Crippen LogP contribution in [0.5, 0.6) is 0 Å². The zero-order valence-electron chi connectivity index (χ0n) is 19.4. The number of para-hydroxylation sites is 1. The van der Waals surface area contributed by atoms with E-state index in [1.54, 1.807) is 36.4 Å². The van der Waals surface area contributed by atoms with E-state index < -0.39 is 0 Å². The summed E-state index contributed by atoms with van der Waals surface area (Å²) in [5.41, 5.74) is 3.55. The average Bonchev–Trinajstić information content (AvgIpc) is 2.93. The minimum absolute atomic E-state index is 0.0539. The Labute approximate surface area is 219 Å². The van der Waals surface area contributed by atoms with Gasteiger partial charge in [0, 0.05) is 42.7 Å². The molecule has 7 heteroatoms. The van der Waals surface area contributed by atoms with Crippen LogP contribution in [0.4, 0.5) is 5.69 Å². The number of amides is 1. The number of pyridine rings is 1. The van der Waals surface area contributed by atoms with Crippen LogP contribution in [0.2, 0.25) is 10.0 Å². The third kappa shape index (κ3) is 5.13. The maximum absolute atomic E-state index is 13.0. The highest BCUT2D eigenvalue weighted by Gasteiger charge is 2.24. The fourth-order valence-electron chi connectivity index (χ4n) is 4.28. The summed E-state index contributed by atoms with van der Waals surface area (Å²) >= 11 is 12.5. The van der Waals surface area contributed by atoms with Crippen molar-refractivity contribution in [2.75, 3.05) is 31.1 Å². The lowest BCUT2D eigenvalue weighted by atomic mass is 10.1. The van der Waals surface area contributed by atoms with Gasteiger partial charge in [-0.05, 0) is 48.6 Å². The molecule has 180 valence electrons. The number of nitrogens with zero attached hydrogens (tertiary/aromatic N) is 3. The number of halogens is 2. The summed E-state index contributed by atoms with van der Waals surface area (Å²) in [6.45, 7) is 2.47. The van der Waals surface area contributed by atoms with Crippen molar-refractivity contribution in [3.8, 4) is 0 Å². The molecule has 3 aromatic carbocycles. The number of carbonyl (C=O) groups excluding carboxylic acids is 2. The minimum Gasteiger partial charge on any atom is -0.367 e. The van der Waals surface area contributed by atoms with E-state index in [4.69, 9.17) is 23.2 Å². The van der Waals surface area contributed by atoms with Gasteiger partial charge in [-0.2, -0.15) is 0 Å². The maximum atomic E-state index is 13.0. The van der Waals surface area contributed by atoms with Crippen LogP contribution in [-0.4, -0.2) is 47.8 Å². The van der Waals surface area contributed by atoms with Gasteiger partial charge in [0.15, 0.2) is 5.78 Å². The number of hydrogen-bond acceptors (Lipinski definition) is 4. The van der Waals surface area contributed by atoms with Gasteiger partial charge in [0.25, 0.3) is 5.91 Å². The van der Waals surface area contributed by atoms with E-state index >= 15 is 0 Å². The first kappa shape index (κ1) is 24.0. The number of allylic oxidation sites excluding steroid dienone is 1. The Morgan fingerprint density at radius 1 is 0.778 bits per heavy atom. The van der Waals surface area contributed by atoms with Crippen LogP contribution in [0.15, 0.2) is 84.9 Å². The number of hydrogen-bond donors (Lipinski definition) is 0. The van der Waals surface area contributed by atoms with E-state index in [2.05, 4.69) is 9.88 Å². The van der Waals surface area contributed by atoms with E-state index in [0.717, 1.165) is 16.6 Å². The molecule has 1 aromatic heterocycles. The van der Waals surface area contributed by atoms with Gasteiger partial charge in [-0.3, -0.25) is 9.59 Å². The molecule has 1 aliphatic heterocycles. The van der Waals surface area contributed by atoms with Gasteiger partial charge in [-0.1, -0.05) is 65.7 Å². The molecule has 36 heavy (non-hydrogen) atoms. The Morgan fingerprint density at radius 3 is 2.28 bits per heavy atom. The van der Waals surface area contributed by atoms with Gasteiger partial charge in [0.2, 0.25) is 0 Å². The predicted molar refractivity (Wildman–Crippen MR) is 146 cm³/mol. The highest BCUT2D eigenvalue weighted by atomic mass is 35.5. The van der Waals surface area contributed by atoms with E-state index in [1.807, 2.05) is 53.4 Å². The molecule has 0 spiro atoms. The van der Waals surface area contributed by atoms with E-state index in [-0.39, 0.29) is 11.7 Å². The number of fused-ring (bicyclic) bond motifs is 1. The lowest BCUT2D eigenvalue weighted by Crippen LogP contribution is -2.48. The molecule has 5 nitrogen and oxygen atoms in total. The Morgan fingerprint density at radius 2 is 1.50 bits per heavy atom. The van der Waals surface area contributed by atoms with Gasteiger partial charge in [0.05, 0.1) is 26.9 Å². The molecule has 0 aliphatic carbocycles. The monoisotopic (exact) mass is 515 g/mol. The summed E-state index contributed by atoms with van der Waals surface area (Å²) < 4.78 is 0. The molecule has 1 saturated heterocycles. The van der Waals surface area contributed by atoms with Crippen molar-refractivity contribution >= 4 is 57.6 Å². The smallest absolute Gasteiger partial charge is 0.253 e. The molecule has 5 rings (SSSR count). The molecule has 1 amide bonds. The van der Waals surface area contributed by atoms with Crippen LogP contribution in [0.3, 0.4) is 0 Å². The van der Waals surface area contributed by atoms with Crippen LogP contribution < -0.4 is 4.90 Å². The molecule has 4 aromatic rings. The summed E-state index contributed by atoms with van der Waals surface area (Å²) in [6.07, 6.45) is 3.22. The Bertz CT molecular complexity index is 1460. The molecular weight excluding hydrogens is 493 g/mol. The molecule has 0 atom stereocenters. The Balaban J connectivity index is 1.20. The molecule has 0 saturated carbocycles. The second kappa shape index (κ2) is 10.5. The summed E-state index contributed by atoms with van der Waals surface area (Å²) in [4.78, 5) is 34.2. The lowest BCUT2D eigenvalue weighted by molar-refractivity contribution is 0.0746. The summed E-state index contributed by atoms with van der Waals surface area (Å²) in [5, 5.41) is 2.10. The molecule has 0 unspecified atom stereocenters. The van der Waals surface area contributed by atoms with Crippen molar-refractivity contribution in [1.82, 2.24) is 9.88 Å². The van der Waals surface area contributed by atoms with E-state index in [1.165, 1.54) is 6.08 Å². The van der Waals surface area contributed by atoms with E-state index in [0.29, 0.717) is 53.0 Å². The number of rotatable bonds is 5. The minimum atomic E-state index is -0.143. The first-order chi connectivity index (χ1) is 17.5. The standard InChI is InChI=1S/C29H23Cl2N3O2/c30-24-5-3-7-26(28(24)31)33-16-18-34(19-17-33)29(36)22-10-8-21(9-11-22)27(35)15-14-23-13-12-20-4-1-2-6-25(20)32-23/h1-15H,16-19H2. The van der Waals surface area contributed by atoms with Gasteiger partial charge in [0.1, 0.15) is 0 Å². The number of piperazine rings is 1. The molecule has 0 radical (unpaired) electrons. The SMILES string of the molecule is O=C(C=Cc1ccc2ccccc2n1)c1ccc(C(=O)N2CCN(c3cccc(Cl)c3Cl)CC2)cc1. The zero-order chi connectivity index (χ0) is 25.1. The lowest BCUT2D eigenvalue weighted by Gasteiger charge is -2.36. The van der Waals surface area contributed by atoms with Crippen LogP contribution in [-0.2, 0) is 0 Å². The fourth-order valence-corrected chi connectivity index (χ4v) is 4.69. The molecule has 0 bridgehead atoms. The first-order valence-corrected chi connectivity index (χ1v) is 12.4. The second-order valence-corrected chi connectivity index (χ2v) is 9.34. The van der Waals surface area contributed by atoms with Crippen molar-refractivity contribution in [1.29, 1.82) is 0 Å². The quantitative estimate of drug-likeness (QED) is 0.228. The molecule has 0 N–H and O–H groups in total. The number of aromatic nitrogens is 1. The zero-order valence-corrected chi connectivity index (χ0v) is 20.9. The summed E-state index contributed by atoms with van der Waals surface area (Å²) in [6, 6.07) is 24.1. The van der Waals surface area contributed by atoms with Crippen LogP contribution in [0.25, 0.3) is 17.0 Å². The van der Waals surface area contributed by atoms with Crippen molar-refractivity contribution < 1.29 is 9.59 Å². The van der Waals surface area contributed by atoms with Crippen molar-refractivity contribution in [2.45, 2.75) is 0 Å². The van der Waals surface area contributed by atoms with Gasteiger partial charge >= 0.3 is 0 Å². The largest absolute Gasteiger partial charge is 0.367 e. The Kier molecular flexibility index (Phi) is 7.03. The maximum Gasteiger partial charge on any atom is 0.253 e. The van der Waals surface area contributed by atoms with Gasteiger partial charge < -0.3 is 9.80 Å². The summed E-state index contributed by atoms with van der Waals surface area (Å²) in [5.74, 6) is -0.197. The van der Waals surface area contributed by atoms with Crippen LogP contribution >= 0.6 is 23.2 Å². The van der Waals surface area contributed by atoms with Gasteiger partial charge in [-0.15, -0.1) is 0 Å². The molecule has 2 heterocycles. The van der Waals surface area contributed by atoms with Crippen LogP contribution in [0, 0.1) is 0 Å². The first-order valence-electron chi connectivity index (χ1n) is 11.7. The fraction of sp³-hybridized carbons (Fsp3) is 0.138. The topological polar surface area (TPSA) is 53.5 Å². The number of anilines is 1. The summed E-state index contributed by atoms with van der Waals surface area (Å²) in [7, 11) is 0. The number of benzene rings is 3. The highest BCUT2D eigenvalue weighted by Crippen LogP contribution is 2.33. The normalized spacial score (nSPS) is 13.9. The van der Waals surface area contributed by atoms with Crippen molar-refractivity contribution in [3.05, 3.63) is 112 Å². The average molecular weight is 516 g/mol. The predicted octanol–water partition coefficient (Wildman–Crippen LogP) is 6.40. The second-order valence-electron chi connectivity index (χ2n) is 8.56.